The van der Waals surface area contributed by atoms with Crippen molar-refractivity contribution in [3.05, 3.63) is 63.2 Å². The van der Waals surface area contributed by atoms with Crippen molar-refractivity contribution in [3.63, 3.8) is 0 Å². The van der Waals surface area contributed by atoms with Crippen molar-refractivity contribution < 1.29 is 31.3 Å². The van der Waals surface area contributed by atoms with Crippen LogP contribution in [0, 0.1) is 10.1 Å². The third kappa shape index (κ3) is 3.99. The lowest BCUT2D eigenvalue weighted by Gasteiger charge is -2.18. The summed E-state index contributed by atoms with van der Waals surface area (Å²) >= 11 is 5.66. The van der Waals surface area contributed by atoms with Gasteiger partial charge >= 0.3 is 5.97 Å². The minimum Gasteiger partial charge on any atom is -0.465 e. The average Bonchev–Trinajstić information content (AvgIpc) is 2.66. The highest BCUT2D eigenvalue weighted by Gasteiger charge is 2.34. The monoisotopic (exact) mass is 448 g/mol. The van der Waals surface area contributed by atoms with Crippen LogP contribution in [0.1, 0.15) is 10.4 Å². The summed E-state index contributed by atoms with van der Waals surface area (Å²) in [7, 11) is -7.43. The van der Waals surface area contributed by atoms with E-state index in [0.717, 1.165) is 38.4 Å². The molecular weight excluding hydrogens is 436 g/mol. The maximum Gasteiger partial charge on any atom is 0.337 e. The van der Waals surface area contributed by atoms with E-state index in [1.54, 1.807) is 0 Å². The molecule has 0 aliphatic rings. The molecule has 13 heteroatoms. The quantitative estimate of drug-likeness (QED) is 0.371. The summed E-state index contributed by atoms with van der Waals surface area (Å²) < 4.78 is 55.4. The van der Waals surface area contributed by atoms with Crippen molar-refractivity contribution >= 4 is 43.3 Å². The topological polar surface area (TPSA) is 141 Å². The van der Waals surface area contributed by atoms with Gasteiger partial charge in [0.25, 0.3) is 25.7 Å². The first-order valence-corrected chi connectivity index (χ1v) is 10.5. The van der Waals surface area contributed by atoms with E-state index >= 15 is 0 Å². The van der Waals surface area contributed by atoms with Crippen molar-refractivity contribution in [2.75, 3.05) is 14.2 Å². The molecule has 0 aromatic heterocycles. The molecular formula is C15H13ClN2O8S2. The normalized spacial score (nSPS) is 12.0. The molecule has 10 nitrogen and oxygen atoms in total. The van der Waals surface area contributed by atoms with Gasteiger partial charge in [-0.1, -0.05) is 21.4 Å². The Kier molecular flexibility index (Phi) is 6.09. The minimum atomic E-state index is -4.69. The number of methoxy groups -OCH3 is 1. The van der Waals surface area contributed by atoms with Crippen LogP contribution < -0.4 is 0 Å². The van der Waals surface area contributed by atoms with Gasteiger partial charge in [0.15, 0.2) is 0 Å². The number of esters is 1. The Morgan fingerprint density at radius 1 is 1.07 bits per heavy atom. The molecule has 0 unspecified atom stereocenters. The van der Waals surface area contributed by atoms with Gasteiger partial charge in [0.1, 0.15) is 5.02 Å². The van der Waals surface area contributed by atoms with Gasteiger partial charge in [0.05, 0.1) is 27.4 Å². The summed E-state index contributed by atoms with van der Waals surface area (Å²) in [6.07, 6.45) is 0. The number of rotatable bonds is 6. The molecule has 0 radical (unpaired) electrons. The Labute approximate surface area is 165 Å². The third-order valence-electron chi connectivity index (χ3n) is 3.64. The molecule has 0 heterocycles. The zero-order valence-corrected chi connectivity index (χ0v) is 16.8. The van der Waals surface area contributed by atoms with Gasteiger partial charge in [-0.3, -0.25) is 10.1 Å². The van der Waals surface area contributed by atoms with Gasteiger partial charge in [-0.05, 0) is 30.3 Å². The van der Waals surface area contributed by atoms with Gasteiger partial charge in [-0.2, -0.15) is 0 Å². The molecule has 150 valence electrons. The molecule has 0 saturated heterocycles. The highest BCUT2D eigenvalue weighted by Crippen LogP contribution is 2.30. The predicted octanol–water partition coefficient (Wildman–Crippen LogP) is 2.04. The largest absolute Gasteiger partial charge is 0.465 e. The second-order valence-corrected chi connectivity index (χ2v) is 9.86. The van der Waals surface area contributed by atoms with E-state index in [0.29, 0.717) is 6.07 Å². The van der Waals surface area contributed by atoms with Crippen molar-refractivity contribution in [1.82, 2.24) is 3.71 Å². The van der Waals surface area contributed by atoms with E-state index in [1.807, 2.05) is 0 Å². The number of halogens is 1. The molecule has 0 amide bonds. The van der Waals surface area contributed by atoms with E-state index in [2.05, 4.69) is 4.74 Å². The van der Waals surface area contributed by atoms with Crippen LogP contribution in [0.25, 0.3) is 0 Å². The van der Waals surface area contributed by atoms with Crippen molar-refractivity contribution in [3.8, 4) is 0 Å². The summed E-state index contributed by atoms with van der Waals surface area (Å²) in [4.78, 5) is 20.5. The number of carbonyl (C=O) groups is 1. The Hall–Kier alpha value is -2.54. The fourth-order valence-corrected chi connectivity index (χ4v) is 5.48. The van der Waals surface area contributed by atoms with Gasteiger partial charge in [-0.25, -0.2) is 21.6 Å². The van der Waals surface area contributed by atoms with E-state index in [-0.39, 0.29) is 14.3 Å². The van der Waals surface area contributed by atoms with Gasteiger partial charge in [0.2, 0.25) is 0 Å². The lowest BCUT2D eigenvalue weighted by Crippen LogP contribution is -2.33. The average molecular weight is 449 g/mol. The Balaban J connectivity index is 2.54. The van der Waals surface area contributed by atoms with Crippen molar-refractivity contribution in [2.45, 2.75) is 9.79 Å². The lowest BCUT2D eigenvalue weighted by molar-refractivity contribution is -0.384. The smallest absolute Gasteiger partial charge is 0.337 e. The number of carbonyl (C=O) groups excluding carboxylic acids is 1. The summed E-state index contributed by atoms with van der Waals surface area (Å²) in [5.74, 6) is -0.809. The number of nitrogens with zero attached hydrogens (tertiary/aromatic N) is 2. The fourth-order valence-electron chi connectivity index (χ4n) is 2.12. The summed E-state index contributed by atoms with van der Waals surface area (Å²) in [6, 6.07) is 7.17. The molecule has 0 N–H and O–H groups in total. The van der Waals surface area contributed by atoms with Crippen LogP contribution in [0.15, 0.2) is 52.3 Å². The molecule has 2 aromatic rings. The molecule has 0 atom stereocenters. The van der Waals surface area contributed by atoms with Gasteiger partial charge < -0.3 is 4.74 Å². The number of hydrogen-bond donors (Lipinski definition) is 0. The number of ether oxygens (including phenoxy) is 1. The van der Waals surface area contributed by atoms with Crippen LogP contribution in [0.5, 0.6) is 0 Å². The Bertz CT molecular complexity index is 1160. The molecule has 0 saturated carbocycles. The zero-order valence-electron chi connectivity index (χ0n) is 14.4. The first-order valence-electron chi connectivity index (χ1n) is 7.29. The molecule has 2 aromatic carbocycles. The highest BCUT2D eigenvalue weighted by molar-refractivity contribution is 8.04. The van der Waals surface area contributed by atoms with Crippen LogP contribution in [0.2, 0.25) is 5.02 Å². The minimum absolute atomic E-state index is 0.0589. The lowest BCUT2D eigenvalue weighted by atomic mass is 10.2. The Morgan fingerprint density at radius 2 is 1.64 bits per heavy atom. The zero-order chi connectivity index (χ0) is 21.3. The van der Waals surface area contributed by atoms with Crippen LogP contribution >= 0.6 is 11.6 Å². The van der Waals surface area contributed by atoms with Crippen molar-refractivity contribution in [1.29, 1.82) is 0 Å². The SMILES string of the molecule is COC(=O)c1cccc(S(=O)(=O)N(C)S(=O)(=O)c2ccc(Cl)c([N+](=O)[O-])c2)c1. The van der Waals surface area contributed by atoms with E-state index < -0.39 is 46.4 Å². The first kappa shape index (κ1) is 21.8. The molecule has 0 aliphatic heterocycles. The van der Waals surface area contributed by atoms with Crippen LogP contribution in [0.3, 0.4) is 0 Å². The predicted molar refractivity (Wildman–Crippen MR) is 98.0 cm³/mol. The number of sulfonamides is 2. The molecule has 0 aliphatic carbocycles. The Morgan fingerprint density at radius 3 is 2.18 bits per heavy atom. The standard InChI is InChI=1S/C15H13ClN2O8S2/c1-17(27(22,23)11-5-3-4-10(8-11)15(19)26-2)28(24,25)12-6-7-13(16)14(9-12)18(20)21/h3-9H,1-2H3. The maximum absolute atomic E-state index is 12.7. The van der Waals surface area contributed by atoms with Gasteiger partial charge in [-0.15, -0.1) is 0 Å². The number of hydrogen-bond acceptors (Lipinski definition) is 8. The summed E-state index contributed by atoms with van der Waals surface area (Å²) in [6.45, 7) is 0. The maximum atomic E-state index is 12.7. The second-order valence-electron chi connectivity index (χ2n) is 5.28. The first-order chi connectivity index (χ1) is 12.9. The van der Waals surface area contributed by atoms with E-state index in [9.17, 15) is 31.7 Å². The third-order valence-corrected chi connectivity index (χ3v) is 8.19. The van der Waals surface area contributed by atoms with Crippen LogP contribution in [0.4, 0.5) is 5.69 Å². The molecule has 0 spiro atoms. The van der Waals surface area contributed by atoms with Crippen LogP contribution in [-0.4, -0.2) is 45.6 Å². The molecule has 0 bridgehead atoms. The van der Waals surface area contributed by atoms with Crippen LogP contribution in [-0.2, 0) is 24.8 Å². The molecule has 0 fully saturated rings. The molecule has 28 heavy (non-hydrogen) atoms. The summed E-state index contributed by atoms with van der Waals surface area (Å²) in [5, 5.41) is 10.7. The van der Waals surface area contributed by atoms with Gasteiger partial charge in [0, 0.05) is 13.1 Å². The fraction of sp³-hybridized carbons (Fsp3) is 0.133. The number of nitro benzene ring substituents is 1. The van der Waals surface area contributed by atoms with E-state index in [1.165, 1.54) is 12.1 Å². The second kappa shape index (κ2) is 7.83. The number of nitro groups is 1. The summed E-state index contributed by atoms with van der Waals surface area (Å²) in [5.41, 5.74) is -0.794. The number of benzene rings is 2. The molecule has 2 rings (SSSR count). The van der Waals surface area contributed by atoms with E-state index in [4.69, 9.17) is 11.6 Å². The highest BCUT2D eigenvalue weighted by atomic mass is 35.5. The van der Waals surface area contributed by atoms with Crippen molar-refractivity contribution in [2.24, 2.45) is 0 Å².